The zero-order valence-electron chi connectivity index (χ0n) is 15.3. The summed E-state index contributed by atoms with van der Waals surface area (Å²) in [7, 11) is 2.12. The van der Waals surface area contributed by atoms with Crippen LogP contribution >= 0.6 is 11.8 Å². The smallest absolute Gasteiger partial charge is 0.163 e. The number of hydrogen-bond acceptors (Lipinski definition) is 7. The first-order chi connectivity index (χ1) is 11.9. The van der Waals surface area contributed by atoms with E-state index in [4.69, 9.17) is 15.2 Å². The van der Waals surface area contributed by atoms with Crippen molar-refractivity contribution in [2.75, 3.05) is 37.9 Å². The standard InChI is InChI=1S/C17H27N5O2S/c1-17(2)23-8-13(24-17)12(9-25-4)7-22(3)6-11-5-19-15-14(11)20-10-21-16(15)18/h5,10,12-13,19H,6-9H2,1-4H3,(H2,18,20,21). The summed E-state index contributed by atoms with van der Waals surface area (Å²) in [6.07, 6.45) is 5.74. The van der Waals surface area contributed by atoms with Gasteiger partial charge in [-0.25, -0.2) is 9.97 Å². The summed E-state index contributed by atoms with van der Waals surface area (Å²) in [6, 6.07) is 0. The lowest BCUT2D eigenvalue weighted by atomic mass is 10.0. The Kier molecular flexibility index (Phi) is 5.52. The summed E-state index contributed by atoms with van der Waals surface area (Å²) >= 11 is 1.85. The number of aromatic nitrogens is 3. The normalized spacial score (nSPS) is 21.2. The number of aromatic amines is 1. The molecule has 1 fully saturated rings. The summed E-state index contributed by atoms with van der Waals surface area (Å²) in [5.41, 5.74) is 8.72. The van der Waals surface area contributed by atoms with Crippen molar-refractivity contribution in [1.29, 1.82) is 0 Å². The third kappa shape index (κ3) is 4.25. The van der Waals surface area contributed by atoms with Crippen molar-refractivity contribution in [3.05, 3.63) is 18.1 Å². The summed E-state index contributed by atoms with van der Waals surface area (Å²) < 4.78 is 11.8. The number of fused-ring (bicyclic) bond motifs is 1. The number of H-pyrrole nitrogens is 1. The first kappa shape index (κ1) is 18.4. The summed E-state index contributed by atoms with van der Waals surface area (Å²) in [4.78, 5) is 13.9. The van der Waals surface area contributed by atoms with E-state index in [1.165, 1.54) is 6.33 Å². The monoisotopic (exact) mass is 365 g/mol. The first-order valence-corrected chi connectivity index (χ1v) is 9.84. The molecule has 3 rings (SSSR count). The van der Waals surface area contributed by atoms with Crippen LogP contribution in [0.3, 0.4) is 0 Å². The molecule has 0 saturated carbocycles. The van der Waals surface area contributed by atoms with Crippen LogP contribution in [0.25, 0.3) is 11.0 Å². The lowest BCUT2D eigenvalue weighted by Gasteiger charge is -2.28. The van der Waals surface area contributed by atoms with Crippen molar-refractivity contribution in [3.8, 4) is 0 Å². The number of nitrogens with one attached hydrogen (secondary N) is 1. The summed E-state index contributed by atoms with van der Waals surface area (Å²) in [5, 5.41) is 0. The largest absolute Gasteiger partial charge is 0.382 e. The lowest BCUT2D eigenvalue weighted by Crippen LogP contribution is -2.36. The molecule has 1 saturated heterocycles. The molecule has 25 heavy (non-hydrogen) atoms. The van der Waals surface area contributed by atoms with Crippen molar-refractivity contribution in [2.24, 2.45) is 5.92 Å². The zero-order valence-corrected chi connectivity index (χ0v) is 16.1. The van der Waals surface area contributed by atoms with Crippen LogP contribution in [0.4, 0.5) is 5.82 Å². The van der Waals surface area contributed by atoms with Crippen LogP contribution in [-0.4, -0.2) is 64.0 Å². The second-order valence-electron chi connectivity index (χ2n) is 7.08. The maximum atomic E-state index is 6.08. The molecule has 7 nitrogen and oxygen atoms in total. The van der Waals surface area contributed by atoms with E-state index in [1.807, 2.05) is 31.8 Å². The minimum absolute atomic E-state index is 0.130. The van der Waals surface area contributed by atoms with Crippen LogP contribution in [0, 0.1) is 5.92 Å². The number of nitrogen functional groups attached to an aromatic ring is 1. The number of rotatable bonds is 7. The van der Waals surface area contributed by atoms with Gasteiger partial charge in [0.15, 0.2) is 11.6 Å². The SMILES string of the molecule is CSCC(CN(C)Cc1c[nH]c2c(N)ncnc12)C1COC(C)(C)O1. The summed E-state index contributed by atoms with van der Waals surface area (Å²) in [5.74, 6) is 1.45. The molecule has 0 aliphatic carbocycles. The van der Waals surface area contributed by atoms with Crippen LogP contribution in [0.1, 0.15) is 19.4 Å². The highest BCUT2D eigenvalue weighted by Crippen LogP contribution is 2.29. The van der Waals surface area contributed by atoms with Gasteiger partial charge in [0.25, 0.3) is 0 Å². The average Bonchev–Trinajstić information content (AvgIpc) is 3.11. The van der Waals surface area contributed by atoms with Gasteiger partial charge >= 0.3 is 0 Å². The van der Waals surface area contributed by atoms with Crippen LogP contribution in [0.5, 0.6) is 0 Å². The molecular weight excluding hydrogens is 338 g/mol. The number of anilines is 1. The van der Waals surface area contributed by atoms with Gasteiger partial charge in [-0.1, -0.05) is 0 Å². The Morgan fingerprint density at radius 2 is 2.28 bits per heavy atom. The highest BCUT2D eigenvalue weighted by molar-refractivity contribution is 7.98. The minimum atomic E-state index is -0.481. The number of thioether (sulfide) groups is 1. The number of nitrogens with two attached hydrogens (primary N) is 1. The van der Waals surface area contributed by atoms with Crippen molar-refractivity contribution in [1.82, 2.24) is 19.9 Å². The fraction of sp³-hybridized carbons (Fsp3) is 0.647. The van der Waals surface area contributed by atoms with Gasteiger partial charge in [0.1, 0.15) is 11.8 Å². The van der Waals surface area contributed by atoms with Crippen LogP contribution in [-0.2, 0) is 16.0 Å². The molecule has 8 heteroatoms. The van der Waals surface area contributed by atoms with E-state index < -0.39 is 5.79 Å². The lowest BCUT2D eigenvalue weighted by molar-refractivity contribution is -0.144. The van der Waals surface area contributed by atoms with E-state index in [2.05, 4.69) is 33.2 Å². The molecular formula is C17H27N5O2S. The molecule has 1 aliphatic rings. The van der Waals surface area contributed by atoms with Gasteiger partial charge in [0.2, 0.25) is 0 Å². The molecule has 0 radical (unpaired) electrons. The Bertz CT molecular complexity index is 720. The zero-order chi connectivity index (χ0) is 18.0. The van der Waals surface area contributed by atoms with Crippen LogP contribution in [0.2, 0.25) is 0 Å². The topological polar surface area (TPSA) is 89.3 Å². The number of nitrogens with zero attached hydrogens (tertiary/aromatic N) is 3. The molecule has 2 unspecified atom stereocenters. The Morgan fingerprint density at radius 3 is 2.96 bits per heavy atom. The van der Waals surface area contributed by atoms with Crippen molar-refractivity contribution in [2.45, 2.75) is 32.3 Å². The van der Waals surface area contributed by atoms with Gasteiger partial charge in [-0.05, 0) is 32.9 Å². The fourth-order valence-electron chi connectivity index (χ4n) is 3.33. The molecule has 3 N–H and O–H groups in total. The third-order valence-electron chi connectivity index (χ3n) is 4.49. The van der Waals surface area contributed by atoms with Crippen LogP contribution in [0.15, 0.2) is 12.5 Å². The molecule has 0 spiro atoms. The van der Waals surface area contributed by atoms with Gasteiger partial charge in [-0.3, -0.25) is 0 Å². The van der Waals surface area contributed by atoms with E-state index in [0.717, 1.165) is 35.4 Å². The minimum Gasteiger partial charge on any atom is -0.382 e. The predicted molar refractivity (Wildman–Crippen MR) is 101 cm³/mol. The van der Waals surface area contributed by atoms with Gasteiger partial charge in [-0.15, -0.1) is 0 Å². The fourth-order valence-corrected chi connectivity index (χ4v) is 4.08. The van der Waals surface area contributed by atoms with Gasteiger partial charge in [0.05, 0.1) is 18.2 Å². The van der Waals surface area contributed by atoms with E-state index >= 15 is 0 Å². The van der Waals surface area contributed by atoms with Crippen molar-refractivity contribution >= 4 is 28.6 Å². The predicted octanol–water partition coefficient (Wildman–Crippen LogP) is 2.10. The van der Waals surface area contributed by atoms with Crippen LogP contribution < -0.4 is 5.73 Å². The number of hydrogen-bond donors (Lipinski definition) is 2. The van der Waals surface area contributed by atoms with Gasteiger partial charge < -0.3 is 25.1 Å². The molecule has 138 valence electrons. The summed E-state index contributed by atoms with van der Waals surface area (Å²) in [6.45, 7) is 6.32. The van der Waals surface area contributed by atoms with E-state index in [-0.39, 0.29) is 6.10 Å². The molecule has 0 amide bonds. The molecule has 2 aromatic rings. The third-order valence-corrected chi connectivity index (χ3v) is 5.26. The molecule has 2 aromatic heterocycles. The molecule has 2 atom stereocenters. The maximum absolute atomic E-state index is 6.08. The van der Waals surface area contributed by atoms with E-state index in [9.17, 15) is 0 Å². The van der Waals surface area contributed by atoms with E-state index in [0.29, 0.717) is 18.3 Å². The van der Waals surface area contributed by atoms with Crippen molar-refractivity contribution < 1.29 is 9.47 Å². The quantitative estimate of drug-likeness (QED) is 0.776. The van der Waals surface area contributed by atoms with Gasteiger partial charge in [0, 0.05) is 30.8 Å². The maximum Gasteiger partial charge on any atom is 0.163 e. The second-order valence-corrected chi connectivity index (χ2v) is 7.99. The second kappa shape index (κ2) is 7.49. The average molecular weight is 366 g/mol. The van der Waals surface area contributed by atoms with Gasteiger partial charge in [-0.2, -0.15) is 11.8 Å². The molecule has 3 heterocycles. The Morgan fingerprint density at radius 1 is 1.48 bits per heavy atom. The van der Waals surface area contributed by atoms with E-state index in [1.54, 1.807) is 0 Å². The molecule has 0 aromatic carbocycles. The highest BCUT2D eigenvalue weighted by atomic mass is 32.2. The van der Waals surface area contributed by atoms with Crippen molar-refractivity contribution in [3.63, 3.8) is 0 Å². The Hall–Kier alpha value is -1.35. The Labute approximate surface area is 152 Å². The molecule has 0 bridgehead atoms. The Balaban J connectivity index is 1.67. The highest BCUT2D eigenvalue weighted by Gasteiger charge is 2.37. The molecule has 1 aliphatic heterocycles. The number of ether oxygens (including phenoxy) is 2. The first-order valence-electron chi connectivity index (χ1n) is 8.45.